The van der Waals surface area contributed by atoms with Gasteiger partial charge in [-0.2, -0.15) is 0 Å². The fourth-order valence-corrected chi connectivity index (χ4v) is 2.20. The van der Waals surface area contributed by atoms with E-state index in [4.69, 9.17) is 4.42 Å². The molecule has 66 valence electrons. The van der Waals surface area contributed by atoms with Gasteiger partial charge in [-0.3, -0.25) is 0 Å². The third kappa shape index (κ3) is 1.31. The molecule has 1 aliphatic rings. The maximum absolute atomic E-state index is 5.40. The lowest BCUT2D eigenvalue weighted by atomic mass is 9.94. The standard InChI is InChI=1S/C9H12BrNO/c1-11-6-2-3-9-7(4-6)8(10)5-12-9/h5-6,11H,2-4H2,1H3. The molecule has 0 bridgehead atoms. The van der Waals surface area contributed by atoms with Crippen LogP contribution in [-0.2, 0) is 12.8 Å². The quantitative estimate of drug-likeness (QED) is 0.799. The molecule has 1 aromatic rings. The summed E-state index contributed by atoms with van der Waals surface area (Å²) in [6, 6.07) is 0.617. The van der Waals surface area contributed by atoms with Gasteiger partial charge in [0.2, 0.25) is 0 Å². The second kappa shape index (κ2) is 3.23. The van der Waals surface area contributed by atoms with Gasteiger partial charge in [0.25, 0.3) is 0 Å². The van der Waals surface area contributed by atoms with Crippen molar-refractivity contribution in [2.45, 2.75) is 25.3 Å². The highest BCUT2D eigenvalue weighted by Gasteiger charge is 2.21. The highest BCUT2D eigenvalue weighted by atomic mass is 79.9. The average Bonchev–Trinajstić information content (AvgIpc) is 2.47. The van der Waals surface area contributed by atoms with Gasteiger partial charge in [0.05, 0.1) is 4.47 Å². The Hall–Kier alpha value is -0.280. The van der Waals surface area contributed by atoms with Crippen LogP contribution >= 0.6 is 15.9 Å². The molecule has 0 aliphatic heterocycles. The van der Waals surface area contributed by atoms with Crippen LogP contribution in [0.5, 0.6) is 0 Å². The number of furan rings is 1. The minimum absolute atomic E-state index is 0.617. The van der Waals surface area contributed by atoms with Gasteiger partial charge in [0, 0.05) is 18.0 Å². The molecule has 2 rings (SSSR count). The van der Waals surface area contributed by atoms with Crippen LogP contribution in [0.4, 0.5) is 0 Å². The van der Waals surface area contributed by atoms with E-state index in [1.807, 2.05) is 7.05 Å². The Bertz CT molecular complexity index is 282. The summed E-state index contributed by atoms with van der Waals surface area (Å²) in [6.45, 7) is 0. The van der Waals surface area contributed by atoms with Crippen molar-refractivity contribution >= 4 is 15.9 Å². The van der Waals surface area contributed by atoms with Crippen LogP contribution in [0.1, 0.15) is 17.7 Å². The van der Waals surface area contributed by atoms with Gasteiger partial charge >= 0.3 is 0 Å². The lowest BCUT2D eigenvalue weighted by molar-refractivity contribution is 0.428. The lowest BCUT2D eigenvalue weighted by Crippen LogP contribution is -2.31. The maximum atomic E-state index is 5.40. The minimum atomic E-state index is 0.617. The first-order valence-corrected chi connectivity index (χ1v) is 5.02. The van der Waals surface area contributed by atoms with Gasteiger partial charge < -0.3 is 9.73 Å². The van der Waals surface area contributed by atoms with E-state index in [0.29, 0.717) is 6.04 Å². The molecule has 3 heteroatoms. The number of hydrogen-bond acceptors (Lipinski definition) is 2. The molecule has 0 radical (unpaired) electrons. The molecule has 0 amide bonds. The van der Waals surface area contributed by atoms with E-state index in [-0.39, 0.29) is 0 Å². The van der Waals surface area contributed by atoms with Gasteiger partial charge in [0.15, 0.2) is 0 Å². The van der Waals surface area contributed by atoms with Crippen LogP contribution < -0.4 is 5.32 Å². The summed E-state index contributed by atoms with van der Waals surface area (Å²) >= 11 is 3.49. The first kappa shape index (κ1) is 8.32. The molecule has 0 aromatic carbocycles. The first-order chi connectivity index (χ1) is 5.81. The molecule has 1 N–H and O–H groups in total. The van der Waals surface area contributed by atoms with Gasteiger partial charge in [-0.25, -0.2) is 0 Å². The zero-order chi connectivity index (χ0) is 8.55. The Balaban J connectivity index is 2.26. The highest BCUT2D eigenvalue weighted by molar-refractivity contribution is 9.10. The minimum Gasteiger partial charge on any atom is -0.468 e. The van der Waals surface area contributed by atoms with Gasteiger partial charge in [-0.05, 0) is 35.8 Å². The van der Waals surface area contributed by atoms with Crippen molar-refractivity contribution in [2.24, 2.45) is 0 Å². The highest BCUT2D eigenvalue weighted by Crippen LogP contribution is 2.29. The smallest absolute Gasteiger partial charge is 0.108 e. The number of fused-ring (bicyclic) bond motifs is 1. The molecule has 1 heterocycles. The number of halogens is 1. The molecule has 0 saturated heterocycles. The molecule has 1 atom stereocenters. The van der Waals surface area contributed by atoms with Gasteiger partial charge in [-0.1, -0.05) is 0 Å². The summed E-state index contributed by atoms with van der Waals surface area (Å²) < 4.78 is 6.53. The maximum Gasteiger partial charge on any atom is 0.108 e. The van der Waals surface area contributed by atoms with E-state index in [1.54, 1.807) is 6.26 Å². The molecule has 0 saturated carbocycles. The summed E-state index contributed by atoms with van der Waals surface area (Å²) in [6.07, 6.45) is 5.13. The number of likely N-dealkylation sites (N-methyl/N-ethyl adjacent to an activating group) is 1. The predicted molar refractivity (Wildman–Crippen MR) is 51.3 cm³/mol. The van der Waals surface area contributed by atoms with Crippen molar-refractivity contribution in [3.63, 3.8) is 0 Å². The number of aryl methyl sites for hydroxylation is 1. The zero-order valence-electron chi connectivity index (χ0n) is 7.06. The fourth-order valence-electron chi connectivity index (χ4n) is 1.72. The third-order valence-electron chi connectivity index (χ3n) is 2.51. The van der Waals surface area contributed by atoms with E-state index < -0.39 is 0 Å². The summed E-state index contributed by atoms with van der Waals surface area (Å²) in [5.74, 6) is 1.16. The topological polar surface area (TPSA) is 25.2 Å². The van der Waals surface area contributed by atoms with E-state index in [9.17, 15) is 0 Å². The van der Waals surface area contributed by atoms with E-state index >= 15 is 0 Å². The number of nitrogens with one attached hydrogen (secondary N) is 1. The normalized spacial score (nSPS) is 22.3. The molecule has 2 nitrogen and oxygen atoms in total. The SMILES string of the molecule is CNC1CCc2occ(Br)c2C1. The average molecular weight is 230 g/mol. The summed E-state index contributed by atoms with van der Waals surface area (Å²) in [5.41, 5.74) is 1.35. The van der Waals surface area contributed by atoms with E-state index in [1.165, 1.54) is 12.0 Å². The van der Waals surface area contributed by atoms with Crippen molar-refractivity contribution in [2.75, 3.05) is 7.05 Å². The summed E-state index contributed by atoms with van der Waals surface area (Å²) in [5, 5.41) is 3.30. The molecular weight excluding hydrogens is 218 g/mol. The molecule has 1 aliphatic carbocycles. The van der Waals surface area contributed by atoms with E-state index in [0.717, 1.165) is 23.1 Å². The van der Waals surface area contributed by atoms with Crippen molar-refractivity contribution in [3.05, 3.63) is 22.1 Å². The second-order valence-corrected chi connectivity index (χ2v) is 4.07. The summed E-state index contributed by atoms with van der Waals surface area (Å²) in [4.78, 5) is 0. The van der Waals surface area contributed by atoms with Crippen molar-refractivity contribution in [1.82, 2.24) is 5.32 Å². The monoisotopic (exact) mass is 229 g/mol. The first-order valence-electron chi connectivity index (χ1n) is 4.23. The fraction of sp³-hybridized carbons (Fsp3) is 0.556. The summed E-state index contributed by atoms with van der Waals surface area (Å²) in [7, 11) is 2.02. The molecule has 0 fully saturated rings. The Kier molecular flexibility index (Phi) is 2.24. The second-order valence-electron chi connectivity index (χ2n) is 3.21. The third-order valence-corrected chi connectivity index (χ3v) is 3.17. The van der Waals surface area contributed by atoms with Crippen LogP contribution in [0.15, 0.2) is 15.2 Å². The van der Waals surface area contributed by atoms with Crippen LogP contribution in [-0.4, -0.2) is 13.1 Å². The Labute approximate surface area is 80.5 Å². The van der Waals surface area contributed by atoms with Gasteiger partial charge in [0.1, 0.15) is 12.0 Å². The molecule has 1 aromatic heterocycles. The van der Waals surface area contributed by atoms with Crippen molar-refractivity contribution in [1.29, 1.82) is 0 Å². The number of hydrogen-bond donors (Lipinski definition) is 1. The van der Waals surface area contributed by atoms with Crippen LogP contribution in [0.3, 0.4) is 0 Å². The van der Waals surface area contributed by atoms with Crippen molar-refractivity contribution < 1.29 is 4.42 Å². The Morgan fingerprint density at radius 3 is 3.25 bits per heavy atom. The number of rotatable bonds is 1. The van der Waals surface area contributed by atoms with Gasteiger partial charge in [-0.15, -0.1) is 0 Å². The van der Waals surface area contributed by atoms with Crippen molar-refractivity contribution in [3.8, 4) is 0 Å². The molecule has 0 spiro atoms. The zero-order valence-corrected chi connectivity index (χ0v) is 8.65. The lowest BCUT2D eigenvalue weighted by Gasteiger charge is -2.20. The predicted octanol–water partition coefficient (Wildman–Crippen LogP) is 2.12. The largest absolute Gasteiger partial charge is 0.468 e. The Morgan fingerprint density at radius 1 is 1.67 bits per heavy atom. The van der Waals surface area contributed by atoms with Crippen LogP contribution in [0, 0.1) is 0 Å². The molecular formula is C9H12BrNO. The molecule has 12 heavy (non-hydrogen) atoms. The van der Waals surface area contributed by atoms with E-state index in [2.05, 4.69) is 21.2 Å². The Morgan fingerprint density at radius 2 is 2.50 bits per heavy atom. The van der Waals surface area contributed by atoms with Crippen LogP contribution in [0.25, 0.3) is 0 Å². The molecule has 1 unspecified atom stereocenters. The van der Waals surface area contributed by atoms with Crippen LogP contribution in [0.2, 0.25) is 0 Å².